The Morgan fingerprint density at radius 3 is 1.72 bits per heavy atom. The molecule has 0 saturated heterocycles. The van der Waals surface area contributed by atoms with E-state index in [0.29, 0.717) is 23.5 Å². The van der Waals surface area contributed by atoms with Crippen LogP contribution < -0.4 is 9.47 Å². The summed E-state index contributed by atoms with van der Waals surface area (Å²) in [6.45, 7) is 4.02. The molecule has 0 bridgehead atoms. The maximum Gasteiger partial charge on any atom is 0.217 e. The third kappa shape index (κ3) is 9.23. The average Bonchev–Trinajstić information content (AvgIpc) is 2.93. The molecule has 3 rings (SSSR count). The summed E-state index contributed by atoms with van der Waals surface area (Å²) in [7, 11) is -4.26. The van der Waals surface area contributed by atoms with Crippen LogP contribution in [0.5, 0.6) is 11.5 Å². The Kier molecular flexibility index (Phi) is 11.2. The number of rotatable bonds is 16. The van der Waals surface area contributed by atoms with Crippen LogP contribution >= 0.6 is 0 Å². The summed E-state index contributed by atoms with van der Waals surface area (Å²) >= 11 is 0. The van der Waals surface area contributed by atoms with Gasteiger partial charge in [-0.3, -0.25) is 0 Å². The SMILES string of the molecule is C=CCC[C@@H](CCS(=O)(=O)Cc1ccccc1)S(=O)(=O)N(Cc1ccc(OC)cc1)Cc1ccc(OC)cc1. The first-order valence-electron chi connectivity index (χ1n) is 12.8. The summed E-state index contributed by atoms with van der Waals surface area (Å²) in [5, 5.41) is -0.877. The number of allylic oxidation sites excluding steroid dienone is 1. The van der Waals surface area contributed by atoms with Gasteiger partial charge >= 0.3 is 0 Å². The van der Waals surface area contributed by atoms with Crippen LogP contribution in [0.25, 0.3) is 0 Å². The maximum atomic E-state index is 14.1. The van der Waals surface area contributed by atoms with E-state index in [9.17, 15) is 16.8 Å². The minimum atomic E-state index is -3.90. The fraction of sp³-hybridized carbons (Fsp3) is 0.333. The third-order valence-corrected chi connectivity index (χ3v) is 10.4. The number of sulfonamides is 1. The lowest BCUT2D eigenvalue weighted by Crippen LogP contribution is -2.39. The number of ether oxygens (including phenoxy) is 2. The number of methoxy groups -OCH3 is 2. The Morgan fingerprint density at radius 1 is 0.744 bits per heavy atom. The topological polar surface area (TPSA) is 90.0 Å². The summed E-state index contributed by atoms with van der Waals surface area (Å²) in [5.41, 5.74) is 2.28. The van der Waals surface area contributed by atoms with Gasteiger partial charge in [0, 0.05) is 13.1 Å². The average molecular weight is 572 g/mol. The molecule has 0 heterocycles. The summed E-state index contributed by atoms with van der Waals surface area (Å²) < 4.78 is 66.0. The summed E-state index contributed by atoms with van der Waals surface area (Å²) in [5.74, 6) is 1.01. The summed E-state index contributed by atoms with van der Waals surface area (Å²) in [6, 6.07) is 23.4. The molecular weight excluding hydrogens is 534 g/mol. The second kappa shape index (κ2) is 14.3. The van der Waals surface area contributed by atoms with Crippen LogP contribution in [-0.4, -0.2) is 46.4 Å². The van der Waals surface area contributed by atoms with E-state index >= 15 is 0 Å². The van der Waals surface area contributed by atoms with Gasteiger partial charge in [-0.1, -0.05) is 60.7 Å². The molecule has 0 aliphatic rings. The predicted octanol–water partition coefficient (Wildman–Crippen LogP) is 5.38. The van der Waals surface area contributed by atoms with Crippen molar-refractivity contribution in [2.45, 2.75) is 43.4 Å². The van der Waals surface area contributed by atoms with E-state index in [1.165, 1.54) is 4.31 Å². The number of hydrogen-bond acceptors (Lipinski definition) is 6. The highest BCUT2D eigenvalue weighted by Gasteiger charge is 2.33. The van der Waals surface area contributed by atoms with Gasteiger partial charge in [0.2, 0.25) is 10.0 Å². The Bertz CT molecular complexity index is 1340. The first-order chi connectivity index (χ1) is 18.7. The lowest BCUT2D eigenvalue weighted by Gasteiger charge is -2.28. The number of hydrogen-bond donors (Lipinski definition) is 0. The number of benzene rings is 3. The van der Waals surface area contributed by atoms with Crippen molar-refractivity contribution in [1.82, 2.24) is 4.31 Å². The van der Waals surface area contributed by atoms with Crippen molar-refractivity contribution in [3.63, 3.8) is 0 Å². The van der Waals surface area contributed by atoms with Crippen LogP contribution in [0.15, 0.2) is 91.5 Å². The second-order valence-corrected chi connectivity index (χ2v) is 13.8. The molecule has 0 saturated carbocycles. The van der Waals surface area contributed by atoms with Gasteiger partial charge in [-0.15, -0.1) is 6.58 Å². The highest BCUT2D eigenvalue weighted by molar-refractivity contribution is 7.91. The van der Waals surface area contributed by atoms with E-state index in [-0.39, 0.29) is 37.4 Å². The first kappa shape index (κ1) is 30.4. The second-order valence-electron chi connectivity index (χ2n) is 9.36. The smallest absolute Gasteiger partial charge is 0.217 e. The minimum absolute atomic E-state index is 0.00701. The van der Waals surface area contributed by atoms with Crippen LogP contribution in [0.3, 0.4) is 0 Å². The van der Waals surface area contributed by atoms with E-state index in [1.54, 1.807) is 68.8 Å². The van der Waals surface area contributed by atoms with E-state index in [4.69, 9.17) is 9.47 Å². The minimum Gasteiger partial charge on any atom is -0.497 e. The fourth-order valence-corrected chi connectivity index (χ4v) is 7.84. The van der Waals surface area contributed by atoms with Gasteiger partial charge in [-0.2, -0.15) is 4.31 Å². The lowest BCUT2D eigenvalue weighted by molar-refractivity contribution is 0.388. The monoisotopic (exact) mass is 571 g/mol. The van der Waals surface area contributed by atoms with Gasteiger partial charge in [0.15, 0.2) is 9.84 Å². The molecule has 39 heavy (non-hydrogen) atoms. The van der Waals surface area contributed by atoms with Crippen LogP contribution in [0.2, 0.25) is 0 Å². The van der Waals surface area contributed by atoms with Crippen LogP contribution in [0.4, 0.5) is 0 Å². The zero-order chi connectivity index (χ0) is 28.3. The summed E-state index contributed by atoms with van der Waals surface area (Å²) in [4.78, 5) is 0. The van der Waals surface area contributed by atoms with Crippen molar-refractivity contribution in [2.24, 2.45) is 0 Å². The Morgan fingerprint density at radius 2 is 1.26 bits per heavy atom. The fourth-order valence-electron chi connectivity index (χ4n) is 4.27. The van der Waals surface area contributed by atoms with Gasteiger partial charge < -0.3 is 9.47 Å². The molecule has 3 aromatic rings. The Balaban J connectivity index is 1.87. The molecule has 9 heteroatoms. The number of nitrogens with zero attached hydrogens (tertiary/aromatic N) is 1. The number of sulfone groups is 1. The largest absolute Gasteiger partial charge is 0.497 e. The quantitative estimate of drug-likeness (QED) is 0.215. The van der Waals surface area contributed by atoms with Crippen molar-refractivity contribution >= 4 is 19.9 Å². The molecule has 1 atom stereocenters. The van der Waals surface area contributed by atoms with Crippen LogP contribution in [0, 0.1) is 0 Å². The van der Waals surface area contributed by atoms with Crippen molar-refractivity contribution in [1.29, 1.82) is 0 Å². The van der Waals surface area contributed by atoms with Crippen molar-refractivity contribution in [2.75, 3.05) is 20.0 Å². The van der Waals surface area contributed by atoms with E-state index in [2.05, 4.69) is 6.58 Å². The molecule has 0 aliphatic carbocycles. The molecule has 0 aromatic heterocycles. The molecule has 210 valence electrons. The van der Waals surface area contributed by atoms with Crippen molar-refractivity contribution in [3.05, 3.63) is 108 Å². The van der Waals surface area contributed by atoms with Crippen LogP contribution in [-0.2, 0) is 38.7 Å². The van der Waals surface area contributed by atoms with Crippen molar-refractivity contribution in [3.8, 4) is 11.5 Å². The van der Waals surface area contributed by atoms with Crippen molar-refractivity contribution < 1.29 is 26.3 Å². The molecular formula is C30H37NO6S2. The van der Waals surface area contributed by atoms with Gasteiger partial charge in [-0.05, 0) is 60.2 Å². The molecule has 0 aliphatic heterocycles. The standard InChI is InChI=1S/C30H37NO6S2/c1-4-5-11-30(20-21-38(32,33)24-27-9-7-6-8-10-27)39(34,35)31(22-25-12-16-28(36-2)17-13-25)23-26-14-18-29(37-3)19-15-26/h4,6-10,12-19,30H,1,5,11,20-24H2,2-3H3/t30-/m0/s1. The predicted molar refractivity (Wildman–Crippen MR) is 156 cm³/mol. The molecule has 0 unspecified atom stereocenters. The third-order valence-electron chi connectivity index (χ3n) is 6.49. The normalized spacial score (nSPS) is 12.7. The zero-order valence-corrected chi connectivity index (χ0v) is 24.2. The van der Waals surface area contributed by atoms with E-state index < -0.39 is 25.1 Å². The van der Waals surface area contributed by atoms with Gasteiger partial charge in [0.1, 0.15) is 11.5 Å². The molecule has 0 spiro atoms. The molecule has 0 radical (unpaired) electrons. The highest BCUT2D eigenvalue weighted by Crippen LogP contribution is 2.25. The summed E-state index contributed by atoms with van der Waals surface area (Å²) in [6.07, 6.45) is 2.42. The van der Waals surface area contributed by atoms with Gasteiger partial charge in [-0.25, -0.2) is 16.8 Å². The van der Waals surface area contributed by atoms with E-state index in [0.717, 1.165) is 11.1 Å². The molecule has 3 aromatic carbocycles. The zero-order valence-electron chi connectivity index (χ0n) is 22.5. The Hall–Kier alpha value is -3.14. The molecule has 0 amide bonds. The van der Waals surface area contributed by atoms with Gasteiger partial charge in [0.25, 0.3) is 0 Å². The maximum absolute atomic E-state index is 14.1. The highest BCUT2D eigenvalue weighted by atomic mass is 32.2. The first-order valence-corrected chi connectivity index (χ1v) is 16.1. The molecule has 7 nitrogen and oxygen atoms in total. The van der Waals surface area contributed by atoms with Gasteiger partial charge in [0.05, 0.1) is 31.0 Å². The molecule has 0 fully saturated rings. The molecule has 0 N–H and O–H groups in total. The van der Waals surface area contributed by atoms with Crippen LogP contribution in [0.1, 0.15) is 36.0 Å². The Labute approximate surface area is 233 Å². The lowest BCUT2D eigenvalue weighted by atomic mass is 10.2. The van der Waals surface area contributed by atoms with E-state index in [1.807, 2.05) is 30.3 Å².